The third-order valence-electron chi connectivity index (χ3n) is 3.36. The number of nitrogens with zero attached hydrogens (tertiary/aromatic N) is 1. The summed E-state index contributed by atoms with van der Waals surface area (Å²) in [4.78, 5) is 3.95. The Morgan fingerprint density at radius 1 is 1.18 bits per heavy atom. The molecule has 1 aromatic carbocycles. The second kappa shape index (κ2) is 6.43. The molecule has 0 radical (unpaired) electrons. The minimum Gasteiger partial charge on any atom is -0.314 e. The van der Waals surface area contributed by atoms with Crippen LogP contribution in [0.5, 0.6) is 0 Å². The first kappa shape index (κ1) is 12.9. The van der Waals surface area contributed by atoms with Gasteiger partial charge in [0.15, 0.2) is 0 Å². The molecule has 0 saturated carbocycles. The lowest BCUT2D eigenvalue weighted by atomic mass is 10.1. The first-order valence-corrected chi connectivity index (χ1v) is 7.37. The van der Waals surface area contributed by atoms with Crippen LogP contribution in [0.3, 0.4) is 0 Å². The van der Waals surface area contributed by atoms with Crippen LogP contribution in [0.25, 0.3) is 0 Å². The van der Waals surface area contributed by atoms with Gasteiger partial charge in [-0.2, -0.15) is 0 Å². The Labute approximate surface area is 109 Å². The molecule has 1 aliphatic rings. The fourth-order valence-electron chi connectivity index (χ4n) is 2.03. The summed E-state index contributed by atoms with van der Waals surface area (Å²) in [5, 5.41) is 3.39. The molecule has 1 fully saturated rings. The van der Waals surface area contributed by atoms with Crippen molar-refractivity contribution in [2.75, 3.05) is 38.5 Å². The molecule has 0 aromatic heterocycles. The Morgan fingerprint density at radius 2 is 1.94 bits per heavy atom. The summed E-state index contributed by atoms with van der Waals surface area (Å²) in [6, 6.07) is 6.77. The first-order chi connectivity index (χ1) is 8.25. The molecular formula is C14H22N2S. The quantitative estimate of drug-likeness (QED) is 0.826. The molecule has 1 heterocycles. The predicted octanol–water partition coefficient (Wildman–Crippen LogP) is 2.30. The SMILES string of the molecule is Cc1ccc(SCCN2CCNCC2)cc1C. The summed E-state index contributed by atoms with van der Waals surface area (Å²) in [5.74, 6) is 1.20. The van der Waals surface area contributed by atoms with Gasteiger partial charge in [0.25, 0.3) is 0 Å². The van der Waals surface area contributed by atoms with Gasteiger partial charge in [-0.05, 0) is 37.1 Å². The van der Waals surface area contributed by atoms with Gasteiger partial charge < -0.3 is 5.32 Å². The second-order valence-electron chi connectivity index (χ2n) is 4.69. The molecule has 1 aromatic rings. The smallest absolute Gasteiger partial charge is 0.0108 e. The lowest BCUT2D eigenvalue weighted by Gasteiger charge is -2.26. The van der Waals surface area contributed by atoms with Gasteiger partial charge in [-0.15, -0.1) is 11.8 Å². The lowest BCUT2D eigenvalue weighted by Crippen LogP contribution is -2.44. The molecule has 1 N–H and O–H groups in total. The highest BCUT2D eigenvalue weighted by Gasteiger charge is 2.08. The molecule has 94 valence electrons. The van der Waals surface area contributed by atoms with Crippen LogP contribution in [0.4, 0.5) is 0 Å². The number of piperazine rings is 1. The molecule has 0 spiro atoms. The second-order valence-corrected chi connectivity index (χ2v) is 5.85. The van der Waals surface area contributed by atoms with Crippen molar-refractivity contribution < 1.29 is 0 Å². The van der Waals surface area contributed by atoms with Crippen LogP contribution in [-0.4, -0.2) is 43.4 Å². The van der Waals surface area contributed by atoms with E-state index in [1.807, 2.05) is 11.8 Å². The van der Waals surface area contributed by atoms with Crippen molar-refractivity contribution in [3.8, 4) is 0 Å². The summed E-state index contributed by atoms with van der Waals surface area (Å²) >= 11 is 1.97. The zero-order valence-electron chi connectivity index (χ0n) is 10.8. The monoisotopic (exact) mass is 250 g/mol. The van der Waals surface area contributed by atoms with Gasteiger partial charge >= 0.3 is 0 Å². The van der Waals surface area contributed by atoms with Crippen LogP contribution in [0, 0.1) is 13.8 Å². The van der Waals surface area contributed by atoms with Crippen molar-refractivity contribution in [2.24, 2.45) is 0 Å². The Kier molecular flexibility index (Phi) is 4.89. The van der Waals surface area contributed by atoms with Crippen LogP contribution in [0.1, 0.15) is 11.1 Å². The fraction of sp³-hybridized carbons (Fsp3) is 0.571. The number of hydrogen-bond acceptors (Lipinski definition) is 3. The Morgan fingerprint density at radius 3 is 2.65 bits per heavy atom. The van der Waals surface area contributed by atoms with E-state index in [9.17, 15) is 0 Å². The summed E-state index contributed by atoms with van der Waals surface area (Å²) < 4.78 is 0. The van der Waals surface area contributed by atoms with Crippen LogP contribution in [-0.2, 0) is 0 Å². The van der Waals surface area contributed by atoms with E-state index in [2.05, 4.69) is 42.3 Å². The van der Waals surface area contributed by atoms with Crippen molar-refractivity contribution >= 4 is 11.8 Å². The Balaban J connectivity index is 1.75. The van der Waals surface area contributed by atoms with Crippen LogP contribution < -0.4 is 5.32 Å². The Hall–Kier alpha value is -0.510. The first-order valence-electron chi connectivity index (χ1n) is 6.39. The number of thioether (sulfide) groups is 1. The minimum absolute atomic E-state index is 1.15. The van der Waals surface area contributed by atoms with E-state index >= 15 is 0 Å². The van der Waals surface area contributed by atoms with Gasteiger partial charge in [0, 0.05) is 43.4 Å². The van der Waals surface area contributed by atoms with Gasteiger partial charge in [-0.1, -0.05) is 6.07 Å². The summed E-state index contributed by atoms with van der Waals surface area (Å²) in [7, 11) is 0. The van der Waals surface area contributed by atoms with Crippen molar-refractivity contribution in [3.05, 3.63) is 29.3 Å². The summed E-state index contributed by atoms with van der Waals surface area (Å²) in [5.41, 5.74) is 2.79. The highest BCUT2D eigenvalue weighted by Crippen LogP contribution is 2.21. The molecule has 2 nitrogen and oxygen atoms in total. The highest BCUT2D eigenvalue weighted by molar-refractivity contribution is 7.99. The van der Waals surface area contributed by atoms with E-state index in [0.29, 0.717) is 0 Å². The van der Waals surface area contributed by atoms with Gasteiger partial charge in [0.05, 0.1) is 0 Å². The topological polar surface area (TPSA) is 15.3 Å². The molecule has 0 atom stereocenters. The lowest BCUT2D eigenvalue weighted by molar-refractivity contribution is 0.255. The molecule has 1 aliphatic heterocycles. The number of benzene rings is 1. The molecule has 1 saturated heterocycles. The average Bonchev–Trinajstić information content (AvgIpc) is 2.35. The van der Waals surface area contributed by atoms with E-state index in [0.717, 1.165) is 13.1 Å². The van der Waals surface area contributed by atoms with E-state index in [1.165, 1.54) is 41.4 Å². The number of hydrogen-bond donors (Lipinski definition) is 1. The standard InChI is InChI=1S/C14H22N2S/c1-12-3-4-14(11-13(12)2)17-10-9-16-7-5-15-6-8-16/h3-4,11,15H,5-10H2,1-2H3. The molecule has 2 rings (SSSR count). The van der Waals surface area contributed by atoms with E-state index < -0.39 is 0 Å². The van der Waals surface area contributed by atoms with Gasteiger partial charge in [-0.25, -0.2) is 0 Å². The van der Waals surface area contributed by atoms with Gasteiger partial charge in [-0.3, -0.25) is 4.90 Å². The molecule has 0 unspecified atom stereocenters. The molecule has 0 aliphatic carbocycles. The molecule has 17 heavy (non-hydrogen) atoms. The third kappa shape index (κ3) is 4.02. The molecule has 0 bridgehead atoms. The average molecular weight is 250 g/mol. The minimum atomic E-state index is 1.15. The summed E-state index contributed by atoms with van der Waals surface area (Å²) in [6.07, 6.45) is 0. The molecule has 0 amide bonds. The largest absolute Gasteiger partial charge is 0.314 e. The zero-order valence-corrected chi connectivity index (χ0v) is 11.6. The number of nitrogens with one attached hydrogen (secondary N) is 1. The maximum absolute atomic E-state index is 3.39. The van der Waals surface area contributed by atoms with Crippen molar-refractivity contribution in [3.63, 3.8) is 0 Å². The van der Waals surface area contributed by atoms with Gasteiger partial charge in [0.2, 0.25) is 0 Å². The van der Waals surface area contributed by atoms with Crippen molar-refractivity contribution in [1.29, 1.82) is 0 Å². The number of aryl methyl sites for hydroxylation is 2. The van der Waals surface area contributed by atoms with Crippen LogP contribution in [0.15, 0.2) is 23.1 Å². The molecule has 3 heteroatoms. The zero-order chi connectivity index (χ0) is 12.1. The third-order valence-corrected chi connectivity index (χ3v) is 4.34. The maximum Gasteiger partial charge on any atom is 0.0108 e. The highest BCUT2D eigenvalue weighted by atomic mass is 32.2. The fourth-order valence-corrected chi connectivity index (χ4v) is 3.04. The van der Waals surface area contributed by atoms with E-state index in [4.69, 9.17) is 0 Å². The normalized spacial score (nSPS) is 17.3. The Bertz CT molecular complexity index is 359. The number of rotatable bonds is 4. The predicted molar refractivity (Wildman–Crippen MR) is 75.9 cm³/mol. The summed E-state index contributed by atoms with van der Waals surface area (Å²) in [6.45, 7) is 10.3. The van der Waals surface area contributed by atoms with Crippen molar-refractivity contribution in [1.82, 2.24) is 10.2 Å². The molecular weight excluding hydrogens is 228 g/mol. The van der Waals surface area contributed by atoms with Crippen LogP contribution >= 0.6 is 11.8 Å². The van der Waals surface area contributed by atoms with Crippen molar-refractivity contribution in [2.45, 2.75) is 18.7 Å². The maximum atomic E-state index is 3.39. The van der Waals surface area contributed by atoms with E-state index in [-0.39, 0.29) is 0 Å². The van der Waals surface area contributed by atoms with E-state index in [1.54, 1.807) is 0 Å². The van der Waals surface area contributed by atoms with Crippen LogP contribution in [0.2, 0.25) is 0 Å². The van der Waals surface area contributed by atoms with Gasteiger partial charge in [0.1, 0.15) is 0 Å².